The smallest absolute Gasteiger partial charge is 0.259 e. The number of likely N-dealkylation sites (tertiary alicyclic amines) is 2. The van der Waals surface area contributed by atoms with E-state index >= 15 is 0 Å². The number of carbonyl (C=O) groups excluding carboxylic acids is 2. The Morgan fingerprint density at radius 1 is 1.22 bits per heavy atom. The maximum atomic E-state index is 13.2. The summed E-state index contributed by atoms with van der Waals surface area (Å²) in [6.07, 6.45) is 11.2. The van der Waals surface area contributed by atoms with Crippen LogP contribution in [0.25, 0.3) is 5.65 Å². The Bertz CT molecular complexity index is 918. The number of hydrogen-bond donors (Lipinski definition) is 0. The summed E-state index contributed by atoms with van der Waals surface area (Å²) in [5, 5.41) is 4.31. The second-order valence-electron chi connectivity index (χ2n) is 8.54. The molecule has 1 spiro atoms. The van der Waals surface area contributed by atoms with Crippen LogP contribution in [0.1, 0.15) is 54.4 Å². The van der Waals surface area contributed by atoms with Crippen molar-refractivity contribution in [2.75, 3.05) is 19.6 Å². The molecule has 5 rings (SSSR count). The lowest BCUT2D eigenvalue weighted by atomic mass is 9.73. The van der Waals surface area contributed by atoms with Gasteiger partial charge in [0.05, 0.1) is 6.20 Å². The van der Waals surface area contributed by atoms with E-state index < -0.39 is 0 Å². The van der Waals surface area contributed by atoms with Gasteiger partial charge in [-0.2, -0.15) is 5.10 Å². The molecule has 2 aliphatic heterocycles. The maximum Gasteiger partial charge on any atom is 0.259 e. The van der Waals surface area contributed by atoms with Gasteiger partial charge in [-0.25, -0.2) is 9.50 Å². The number of rotatable bonds is 2. The Morgan fingerprint density at radius 3 is 2.89 bits per heavy atom. The Morgan fingerprint density at radius 2 is 2.07 bits per heavy atom. The SMILES string of the molecule is Cc1cnc2c(C(=O)N3CCC[C@]4(CCC(=O)N(C5CC5)C4)C3)cnn2c1. The zero-order valence-electron chi connectivity index (χ0n) is 15.7. The third kappa shape index (κ3) is 2.89. The van der Waals surface area contributed by atoms with Crippen LogP contribution in [0, 0.1) is 12.3 Å². The molecular formula is C20H25N5O2. The number of fused-ring (bicyclic) bond motifs is 1. The van der Waals surface area contributed by atoms with Crippen LogP contribution >= 0.6 is 0 Å². The summed E-state index contributed by atoms with van der Waals surface area (Å²) in [5.41, 5.74) is 2.24. The van der Waals surface area contributed by atoms with E-state index in [-0.39, 0.29) is 11.3 Å². The fraction of sp³-hybridized carbons (Fsp3) is 0.600. The lowest BCUT2D eigenvalue weighted by Gasteiger charge is -2.48. The molecule has 1 atom stereocenters. The molecule has 0 unspecified atom stereocenters. The minimum Gasteiger partial charge on any atom is -0.339 e. The van der Waals surface area contributed by atoms with Gasteiger partial charge in [0, 0.05) is 49.9 Å². The molecular weight excluding hydrogens is 342 g/mol. The van der Waals surface area contributed by atoms with E-state index in [1.807, 2.05) is 18.0 Å². The van der Waals surface area contributed by atoms with Gasteiger partial charge in [0.1, 0.15) is 5.56 Å². The molecule has 2 saturated heterocycles. The van der Waals surface area contributed by atoms with Crippen LogP contribution < -0.4 is 0 Å². The van der Waals surface area contributed by atoms with Crippen LogP contribution in [0.3, 0.4) is 0 Å². The first-order valence-electron chi connectivity index (χ1n) is 9.93. The summed E-state index contributed by atoms with van der Waals surface area (Å²) in [6.45, 7) is 4.26. The van der Waals surface area contributed by atoms with Crippen molar-refractivity contribution in [2.24, 2.45) is 5.41 Å². The Balaban J connectivity index is 1.38. The van der Waals surface area contributed by atoms with E-state index in [1.54, 1.807) is 16.9 Å². The van der Waals surface area contributed by atoms with Crippen molar-refractivity contribution in [1.82, 2.24) is 24.4 Å². The van der Waals surface area contributed by atoms with Gasteiger partial charge in [-0.05, 0) is 44.6 Å². The first kappa shape index (κ1) is 16.7. The summed E-state index contributed by atoms with van der Waals surface area (Å²) in [5.74, 6) is 0.309. The van der Waals surface area contributed by atoms with Crippen molar-refractivity contribution in [2.45, 2.75) is 51.5 Å². The van der Waals surface area contributed by atoms with Gasteiger partial charge in [0.25, 0.3) is 5.91 Å². The van der Waals surface area contributed by atoms with E-state index in [0.717, 1.165) is 57.3 Å². The van der Waals surface area contributed by atoms with Crippen LogP contribution in [0.4, 0.5) is 0 Å². The molecule has 0 radical (unpaired) electrons. The Labute approximate surface area is 158 Å². The molecule has 1 aliphatic carbocycles. The molecule has 2 aromatic heterocycles. The van der Waals surface area contributed by atoms with Crippen LogP contribution in [0.2, 0.25) is 0 Å². The molecule has 4 heterocycles. The van der Waals surface area contributed by atoms with Gasteiger partial charge in [0.15, 0.2) is 5.65 Å². The molecule has 142 valence electrons. The van der Waals surface area contributed by atoms with E-state index in [4.69, 9.17) is 0 Å². The third-order valence-electron chi connectivity index (χ3n) is 6.35. The number of hydrogen-bond acceptors (Lipinski definition) is 4. The standard InChI is InChI=1S/C20H25N5O2/c1-14-9-21-18-16(10-22-25(18)11-14)19(27)23-8-2-6-20(12-23)7-5-17(26)24(13-20)15-3-4-15/h9-11,15H,2-8,12-13H2,1H3/t20-/m0/s1. The number of piperidine rings is 2. The van der Waals surface area contributed by atoms with Gasteiger partial charge < -0.3 is 9.80 Å². The molecule has 3 aliphatic rings. The lowest BCUT2D eigenvalue weighted by molar-refractivity contribution is -0.139. The average Bonchev–Trinajstić information content (AvgIpc) is 3.43. The number of aromatic nitrogens is 3. The summed E-state index contributed by atoms with van der Waals surface area (Å²) in [4.78, 5) is 34.0. The molecule has 3 fully saturated rings. The second kappa shape index (κ2) is 6.04. The van der Waals surface area contributed by atoms with Crippen LogP contribution in [-0.4, -0.2) is 61.9 Å². The number of carbonyl (C=O) groups is 2. The van der Waals surface area contributed by atoms with Crippen molar-refractivity contribution in [3.63, 3.8) is 0 Å². The number of aryl methyl sites for hydroxylation is 1. The van der Waals surface area contributed by atoms with Crippen molar-refractivity contribution < 1.29 is 9.59 Å². The van der Waals surface area contributed by atoms with E-state index in [2.05, 4.69) is 15.0 Å². The molecule has 7 nitrogen and oxygen atoms in total. The van der Waals surface area contributed by atoms with Gasteiger partial charge in [-0.15, -0.1) is 0 Å². The minimum atomic E-state index is 0.00954. The zero-order valence-corrected chi connectivity index (χ0v) is 15.7. The monoisotopic (exact) mass is 367 g/mol. The van der Waals surface area contributed by atoms with E-state index in [0.29, 0.717) is 29.6 Å². The summed E-state index contributed by atoms with van der Waals surface area (Å²) >= 11 is 0. The predicted octanol–water partition coefficient (Wildman–Crippen LogP) is 2.04. The minimum absolute atomic E-state index is 0.00954. The molecule has 7 heteroatoms. The van der Waals surface area contributed by atoms with Crippen LogP contribution in [0.15, 0.2) is 18.6 Å². The van der Waals surface area contributed by atoms with Gasteiger partial charge >= 0.3 is 0 Å². The fourth-order valence-corrected chi connectivity index (χ4v) is 4.77. The third-order valence-corrected chi connectivity index (χ3v) is 6.35. The summed E-state index contributed by atoms with van der Waals surface area (Å²) in [7, 11) is 0. The molecule has 2 aromatic rings. The van der Waals surface area contributed by atoms with Crippen molar-refractivity contribution >= 4 is 17.5 Å². The molecule has 0 N–H and O–H groups in total. The van der Waals surface area contributed by atoms with Crippen molar-refractivity contribution in [3.05, 3.63) is 29.7 Å². The largest absolute Gasteiger partial charge is 0.339 e. The molecule has 1 saturated carbocycles. The molecule has 2 amide bonds. The Kier molecular flexibility index (Phi) is 3.74. The highest BCUT2D eigenvalue weighted by Crippen LogP contribution is 2.42. The van der Waals surface area contributed by atoms with Gasteiger partial charge in [-0.3, -0.25) is 9.59 Å². The molecule has 0 bridgehead atoms. The summed E-state index contributed by atoms with van der Waals surface area (Å²) in [6, 6.07) is 0.452. The van der Waals surface area contributed by atoms with Crippen LogP contribution in [-0.2, 0) is 4.79 Å². The van der Waals surface area contributed by atoms with Crippen LogP contribution in [0.5, 0.6) is 0 Å². The highest BCUT2D eigenvalue weighted by molar-refractivity contribution is 5.99. The highest BCUT2D eigenvalue weighted by Gasteiger charge is 2.46. The quantitative estimate of drug-likeness (QED) is 0.814. The van der Waals surface area contributed by atoms with Gasteiger partial charge in [-0.1, -0.05) is 0 Å². The van der Waals surface area contributed by atoms with E-state index in [1.165, 1.54) is 0 Å². The van der Waals surface area contributed by atoms with Crippen molar-refractivity contribution in [1.29, 1.82) is 0 Å². The molecule has 27 heavy (non-hydrogen) atoms. The first-order valence-corrected chi connectivity index (χ1v) is 9.93. The average molecular weight is 367 g/mol. The van der Waals surface area contributed by atoms with E-state index in [9.17, 15) is 9.59 Å². The second-order valence-corrected chi connectivity index (χ2v) is 8.54. The number of nitrogens with zero attached hydrogens (tertiary/aromatic N) is 5. The fourth-order valence-electron chi connectivity index (χ4n) is 4.77. The molecule has 0 aromatic carbocycles. The highest BCUT2D eigenvalue weighted by atomic mass is 16.2. The normalized spacial score (nSPS) is 26.2. The summed E-state index contributed by atoms with van der Waals surface area (Å²) < 4.78 is 1.68. The van der Waals surface area contributed by atoms with Crippen molar-refractivity contribution in [3.8, 4) is 0 Å². The van der Waals surface area contributed by atoms with Gasteiger partial charge in [0.2, 0.25) is 5.91 Å². The lowest BCUT2D eigenvalue weighted by Crippen LogP contribution is -2.55. The topological polar surface area (TPSA) is 70.8 Å². The number of amides is 2. The Hall–Kier alpha value is -2.44. The maximum absolute atomic E-state index is 13.2. The predicted molar refractivity (Wildman–Crippen MR) is 99.3 cm³/mol. The zero-order chi connectivity index (χ0) is 18.6. The first-order chi connectivity index (χ1) is 13.0.